The summed E-state index contributed by atoms with van der Waals surface area (Å²) in [5, 5.41) is 11.1. The molecule has 0 fully saturated rings. The summed E-state index contributed by atoms with van der Waals surface area (Å²) in [6, 6.07) is 4.26. The number of rotatable bonds is 7. The van der Waals surface area contributed by atoms with E-state index in [0.29, 0.717) is 18.4 Å². The van der Waals surface area contributed by atoms with Gasteiger partial charge in [-0.1, -0.05) is 12.1 Å². The molecule has 1 aromatic carbocycles. The molecular weight excluding hydrogens is 299 g/mol. The Labute approximate surface area is 126 Å². The van der Waals surface area contributed by atoms with E-state index in [1.807, 2.05) is 0 Å². The predicted octanol–water partition coefficient (Wildman–Crippen LogP) is 3.53. The molecular formula is C15H18F3NO3. The Balaban J connectivity index is 2.52. The first kappa shape index (κ1) is 18.0. The van der Waals surface area contributed by atoms with Crippen LogP contribution in [-0.4, -0.2) is 17.0 Å². The van der Waals surface area contributed by atoms with E-state index in [-0.39, 0.29) is 18.7 Å². The third kappa shape index (κ3) is 6.15. The highest BCUT2D eigenvalue weighted by molar-refractivity contribution is 5.76. The molecule has 122 valence electrons. The number of halogens is 3. The number of amides is 1. The minimum Gasteiger partial charge on any atom is -0.481 e. The number of benzene rings is 1. The number of carbonyl (C=O) groups excluding carboxylic acids is 1. The van der Waals surface area contributed by atoms with Gasteiger partial charge in [0.2, 0.25) is 5.91 Å². The van der Waals surface area contributed by atoms with E-state index in [1.54, 1.807) is 6.92 Å². The van der Waals surface area contributed by atoms with Gasteiger partial charge < -0.3 is 10.4 Å². The summed E-state index contributed by atoms with van der Waals surface area (Å²) in [6.07, 6.45) is -3.46. The van der Waals surface area contributed by atoms with E-state index < -0.39 is 23.8 Å². The maximum Gasteiger partial charge on any atom is 0.416 e. The van der Waals surface area contributed by atoms with E-state index in [9.17, 15) is 22.8 Å². The Kier molecular flexibility index (Phi) is 6.39. The molecule has 0 aliphatic carbocycles. The largest absolute Gasteiger partial charge is 0.481 e. The zero-order valence-corrected chi connectivity index (χ0v) is 12.1. The predicted molar refractivity (Wildman–Crippen MR) is 74.1 cm³/mol. The van der Waals surface area contributed by atoms with Gasteiger partial charge in [0.05, 0.1) is 11.6 Å². The zero-order chi connectivity index (χ0) is 16.8. The van der Waals surface area contributed by atoms with Crippen LogP contribution in [0, 0.1) is 0 Å². The Morgan fingerprint density at radius 3 is 2.45 bits per heavy atom. The second-order valence-electron chi connectivity index (χ2n) is 5.01. The van der Waals surface area contributed by atoms with Crippen LogP contribution >= 0.6 is 0 Å². The molecule has 0 aliphatic rings. The first-order chi connectivity index (χ1) is 10.2. The molecule has 0 radical (unpaired) electrons. The number of carboxylic acids is 1. The van der Waals surface area contributed by atoms with Crippen molar-refractivity contribution in [1.29, 1.82) is 0 Å². The molecule has 22 heavy (non-hydrogen) atoms. The fourth-order valence-electron chi connectivity index (χ4n) is 1.94. The van der Waals surface area contributed by atoms with Crippen molar-refractivity contribution in [2.45, 2.75) is 44.8 Å². The molecule has 1 amide bonds. The quantitative estimate of drug-likeness (QED) is 0.756. The molecule has 0 saturated heterocycles. The molecule has 0 aliphatic heterocycles. The third-order valence-corrected chi connectivity index (χ3v) is 3.14. The van der Waals surface area contributed by atoms with Crippen LogP contribution in [0.1, 0.15) is 49.8 Å². The molecule has 1 aromatic rings. The minimum absolute atomic E-state index is 0.00351. The number of carboxylic acid groups (broad SMARTS) is 1. The SMILES string of the molecule is CC(NC(=O)CCCCC(=O)O)c1cccc(C(F)(F)F)c1. The standard InChI is InChI=1S/C15H18F3NO3/c1-10(19-13(20)7-2-3-8-14(21)22)11-5-4-6-12(9-11)15(16,17)18/h4-6,9-10H,2-3,7-8H2,1H3,(H,19,20)(H,21,22). The molecule has 1 atom stereocenters. The Morgan fingerprint density at radius 1 is 1.23 bits per heavy atom. The van der Waals surface area contributed by atoms with Crippen molar-refractivity contribution in [3.8, 4) is 0 Å². The number of hydrogen-bond acceptors (Lipinski definition) is 2. The fraction of sp³-hybridized carbons (Fsp3) is 0.467. The number of carbonyl (C=O) groups is 2. The summed E-state index contributed by atoms with van der Waals surface area (Å²) >= 11 is 0. The highest BCUT2D eigenvalue weighted by atomic mass is 19.4. The van der Waals surface area contributed by atoms with Gasteiger partial charge in [-0.2, -0.15) is 13.2 Å². The molecule has 0 aromatic heterocycles. The maximum absolute atomic E-state index is 12.6. The summed E-state index contributed by atoms with van der Waals surface area (Å²) in [7, 11) is 0. The molecule has 1 unspecified atom stereocenters. The highest BCUT2D eigenvalue weighted by Crippen LogP contribution is 2.30. The Bertz CT molecular complexity index is 529. The lowest BCUT2D eigenvalue weighted by Crippen LogP contribution is -2.26. The summed E-state index contributed by atoms with van der Waals surface area (Å²) in [6.45, 7) is 1.60. The van der Waals surface area contributed by atoms with E-state index >= 15 is 0 Å². The Hall–Kier alpha value is -2.05. The van der Waals surface area contributed by atoms with Crippen LogP contribution in [0.15, 0.2) is 24.3 Å². The average molecular weight is 317 g/mol. The van der Waals surface area contributed by atoms with Crippen LogP contribution in [0.5, 0.6) is 0 Å². The first-order valence-electron chi connectivity index (χ1n) is 6.88. The van der Waals surface area contributed by atoms with Crippen molar-refractivity contribution in [2.75, 3.05) is 0 Å². The summed E-state index contributed by atoms with van der Waals surface area (Å²) < 4.78 is 37.9. The van der Waals surface area contributed by atoms with E-state index in [4.69, 9.17) is 5.11 Å². The second-order valence-corrected chi connectivity index (χ2v) is 5.01. The van der Waals surface area contributed by atoms with Gasteiger partial charge in [-0.3, -0.25) is 9.59 Å². The molecule has 0 spiro atoms. The lowest BCUT2D eigenvalue weighted by Gasteiger charge is -2.16. The lowest BCUT2D eigenvalue weighted by atomic mass is 10.0. The molecule has 7 heteroatoms. The molecule has 0 bridgehead atoms. The van der Waals surface area contributed by atoms with Gasteiger partial charge in [-0.25, -0.2) is 0 Å². The maximum atomic E-state index is 12.6. The second kappa shape index (κ2) is 7.82. The van der Waals surface area contributed by atoms with Crippen molar-refractivity contribution >= 4 is 11.9 Å². The van der Waals surface area contributed by atoms with Crippen LogP contribution in [0.25, 0.3) is 0 Å². The number of nitrogens with one attached hydrogen (secondary N) is 1. The van der Waals surface area contributed by atoms with E-state index in [2.05, 4.69) is 5.32 Å². The van der Waals surface area contributed by atoms with Crippen molar-refractivity contribution < 1.29 is 27.9 Å². The van der Waals surface area contributed by atoms with Gasteiger partial charge in [-0.05, 0) is 37.5 Å². The summed E-state index contributed by atoms with van der Waals surface area (Å²) in [4.78, 5) is 22.0. The van der Waals surface area contributed by atoms with Crippen LogP contribution in [-0.2, 0) is 15.8 Å². The normalized spacial score (nSPS) is 12.7. The van der Waals surface area contributed by atoms with Crippen LogP contribution in [0.4, 0.5) is 13.2 Å². The van der Waals surface area contributed by atoms with Gasteiger partial charge in [0.15, 0.2) is 0 Å². The fourth-order valence-corrected chi connectivity index (χ4v) is 1.94. The van der Waals surface area contributed by atoms with Crippen molar-refractivity contribution in [3.63, 3.8) is 0 Å². The van der Waals surface area contributed by atoms with Crippen molar-refractivity contribution in [3.05, 3.63) is 35.4 Å². The van der Waals surface area contributed by atoms with Gasteiger partial charge in [0, 0.05) is 12.8 Å². The van der Waals surface area contributed by atoms with Crippen molar-refractivity contribution in [1.82, 2.24) is 5.32 Å². The lowest BCUT2D eigenvalue weighted by molar-refractivity contribution is -0.138. The number of hydrogen-bond donors (Lipinski definition) is 2. The number of unbranched alkanes of at least 4 members (excludes halogenated alkanes) is 1. The smallest absolute Gasteiger partial charge is 0.416 e. The molecule has 1 rings (SSSR count). The van der Waals surface area contributed by atoms with Gasteiger partial charge in [0.1, 0.15) is 0 Å². The summed E-state index contributed by atoms with van der Waals surface area (Å²) in [5.41, 5.74) is -0.388. The average Bonchev–Trinajstić information content (AvgIpc) is 2.42. The minimum atomic E-state index is -4.42. The van der Waals surface area contributed by atoms with Crippen LogP contribution in [0.3, 0.4) is 0 Å². The molecule has 4 nitrogen and oxygen atoms in total. The number of alkyl halides is 3. The third-order valence-electron chi connectivity index (χ3n) is 3.14. The summed E-state index contributed by atoms with van der Waals surface area (Å²) in [5.74, 6) is -1.23. The first-order valence-corrected chi connectivity index (χ1v) is 6.88. The molecule has 0 saturated carbocycles. The van der Waals surface area contributed by atoms with Gasteiger partial charge >= 0.3 is 12.1 Å². The highest BCUT2D eigenvalue weighted by Gasteiger charge is 2.30. The van der Waals surface area contributed by atoms with E-state index in [0.717, 1.165) is 12.1 Å². The van der Waals surface area contributed by atoms with E-state index in [1.165, 1.54) is 12.1 Å². The Morgan fingerprint density at radius 2 is 1.86 bits per heavy atom. The van der Waals surface area contributed by atoms with Gasteiger partial charge in [0.25, 0.3) is 0 Å². The monoisotopic (exact) mass is 317 g/mol. The van der Waals surface area contributed by atoms with Gasteiger partial charge in [-0.15, -0.1) is 0 Å². The number of aliphatic carboxylic acids is 1. The van der Waals surface area contributed by atoms with Crippen molar-refractivity contribution in [2.24, 2.45) is 0 Å². The molecule has 0 heterocycles. The molecule has 2 N–H and O–H groups in total. The zero-order valence-electron chi connectivity index (χ0n) is 12.1. The van der Waals surface area contributed by atoms with Crippen LogP contribution in [0.2, 0.25) is 0 Å². The van der Waals surface area contributed by atoms with Crippen LogP contribution < -0.4 is 5.32 Å². The topological polar surface area (TPSA) is 66.4 Å².